The van der Waals surface area contributed by atoms with Crippen LogP contribution in [-0.4, -0.2) is 36.9 Å². The van der Waals surface area contributed by atoms with Crippen LogP contribution in [0.25, 0.3) is 0 Å². The van der Waals surface area contributed by atoms with E-state index in [1.807, 2.05) is 0 Å². The first-order chi connectivity index (χ1) is 9.06. The molecule has 19 heavy (non-hydrogen) atoms. The van der Waals surface area contributed by atoms with Gasteiger partial charge < -0.3 is 14.7 Å². The number of hydrogen-bond acceptors (Lipinski definition) is 4. The lowest BCUT2D eigenvalue weighted by Gasteiger charge is -2.24. The SMILES string of the molecule is COC1CC(C(=O)O)N(c2cc(Cl)ccc2C#N)C1. The standard InChI is InChI=1S/C13H13ClN2O3/c1-19-10-5-12(13(17)18)16(7-10)11-4-9(14)3-2-8(11)6-15/h2-4,10,12H,5,7H2,1H3,(H,17,18). The van der Waals surface area contributed by atoms with E-state index < -0.39 is 12.0 Å². The second-order valence-electron chi connectivity index (χ2n) is 4.37. The summed E-state index contributed by atoms with van der Waals surface area (Å²) < 4.78 is 5.23. The molecular formula is C13H13ClN2O3. The minimum atomic E-state index is -0.927. The van der Waals surface area contributed by atoms with Gasteiger partial charge in [0.1, 0.15) is 12.1 Å². The molecule has 1 N–H and O–H groups in total. The van der Waals surface area contributed by atoms with Gasteiger partial charge in [-0.1, -0.05) is 11.6 Å². The van der Waals surface area contributed by atoms with Crippen molar-refractivity contribution in [2.75, 3.05) is 18.6 Å². The molecule has 1 aromatic rings. The van der Waals surface area contributed by atoms with Crippen molar-refractivity contribution < 1.29 is 14.6 Å². The number of hydrogen-bond donors (Lipinski definition) is 1. The van der Waals surface area contributed by atoms with Gasteiger partial charge in [0.2, 0.25) is 0 Å². The number of halogens is 1. The van der Waals surface area contributed by atoms with Gasteiger partial charge in [0, 0.05) is 25.1 Å². The Morgan fingerprint density at radius 3 is 2.95 bits per heavy atom. The molecule has 0 aliphatic carbocycles. The van der Waals surface area contributed by atoms with Crippen molar-refractivity contribution in [3.63, 3.8) is 0 Å². The second kappa shape index (κ2) is 5.47. The normalized spacial score (nSPS) is 22.3. The van der Waals surface area contributed by atoms with Gasteiger partial charge in [0.15, 0.2) is 0 Å². The Kier molecular flexibility index (Phi) is 3.93. The molecule has 100 valence electrons. The largest absolute Gasteiger partial charge is 0.480 e. The molecule has 2 unspecified atom stereocenters. The van der Waals surface area contributed by atoms with E-state index in [0.717, 1.165) is 0 Å². The maximum atomic E-state index is 11.3. The number of carboxylic acids is 1. The van der Waals surface area contributed by atoms with E-state index in [1.165, 1.54) is 0 Å². The first kappa shape index (κ1) is 13.7. The summed E-state index contributed by atoms with van der Waals surface area (Å²) in [6, 6.07) is 6.19. The van der Waals surface area contributed by atoms with Crippen LogP contribution in [0.4, 0.5) is 5.69 Å². The third kappa shape index (κ3) is 2.65. The van der Waals surface area contributed by atoms with Gasteiger partial charge >= 0.3 is 5.97 Å². The Morgan fingerprint density at radius 1 is 1.63 bits per heavy atom. The summed E-state index contributed by atoms with van der Waals surface area (Å²) in [5.74, 6) is -0.927. The Balaban J connectivity index is 2.42. The lowest BCUT2D eigenvalue weighted by atomic mass is 10.1. The zero-order valence-corrected chi connectivity index (χ0v) is 11.1. The summed E-state index contributed by atoms with van der Waals surface area (Å²) in [4.78, 5) is 13.0. The Hall–Kier alpha value is -1.77. The fourth-order valence-corrected chi connectivity index (χ4v) is 2.47. The zero-order chi connectivity index (χ0) is 14.0. The van der Waals surface area contributed by atoms with Gasteiger partial charge in [-0.15, -0.1) is 0 Å². The first-order valence-corrected chi connectivity index (χ1v) is 6.16. The Morgan fingerprint density at radius 2 is 2.37 bits per heavy atom. The van der Waals surface area contributed by atoms with Crippen LogP contribution in [0.1, 0.15) is 12.0 Å². The van der Waals surface area contributed by atoms with Gasteiger partial charge in [-0.2, -0.15) is 5.26 Å². The maximum Gasteiger partial charge on any atom is 0.326 e. The van der Waals surface area contributed by atoms with Crippen molar-refractivity contribution in [1.29, 1.82) is 5.26 Å². The number of methoxy groups -OCH3 is 1. The van der Waals surface area contributed by atoms with Crippen LogP contribution >= 0.6 is 11.6 Å². The fraction of sp³-hybridized carbons (Fsp3) is 0.385. The predicted octanol–water partition coefficient (Wildman–Crippen LogP) is 1.89. The van der Waals surface area contributed by atoms with E-state index in [9.17, 15) is 9.90 Å². The van der Waals surface area contributed by atoms with Crippen molar-refractivity contribution in [2.24, 2.45) is 0 Å². The molecular weight excluding hydrogens is 268 g/mol. The molecule has 0 bridgehead atoms. The molecule has 0 amide bonds. The zero-order valence-electron chi connectivity index (χ0n) is 10.3. The van der Waals surface area contributed by atoms with Crippen LogP contribution in [0.5, 0.6) is 0 Å². The maximum absolute atomic E-state index is 11.3. The van der Waals surface area contributed by atoms with Crippen molar-refractivity contribution in [3.05, 3.63) is 28.8 Å². The molecule has 1 heterocycles. The topological polar surface area (TPSA) is 73.6 Å². The summed E-state index contributed by atoms with van der Waals surface area (Å²) in [5.41, 5.74) is 0.953. The number of ether oxygens (including phenoxy) is 1. The highest BCUT2D eigenvalue weighted by molar-refractivity contribution is 6.30. The van der Waals surface area contributed by atoms with Crippen LogP contribution in [0.15, 0.2) is 18.2 Å². The van der Waals surface area contributed by atoms with Gasteiger partial charge in [-0.25, -0.2) is 4.79 Å². The molecule has 6 heteroatoms. The molecule has 0 saturated carbocycles. The van der Waals surface area contributed by atoms with Gasteiger partial charge in [0.25, 0.3) is 0 Å². The molecule has 1 aromatic carbocycles. The van der Waals surface area contributed by atoms with E-state index in [1.54, 1.807) is 30.2 Å². The predicted molar refractivity (Wildman–Crippen MR) is 70.4 cm³/mol. The summed E-state index contributed by atoms with van der Waals surface area (Å²) in [7, 11) is 1.55. The van der Waals surface area contributed by atoms with Crippen LogP contribution in [0, 0.1) is 11.3 Å². The van der Waals surface area contributed by atoms with Gasteiger partial charge in [-0.05, 0) is 18.2 Å². The summed E-state index contributed by atoms with van der Waals surface area (Å²) >= 11 is 5.94. The number of rotatable bonds is 3. The van der Waals surface area contributed by atoms with Crippen LogP contribution in [0.3, 0.4) is 0 Å². The van der Waals surface area contributed by atoms with Gasteiger partial charge in [0.05, 0.1) is 17.4 Å². The van der Waals surface area contributed by atoms with Crippen LogP contribution in [-0.2, 0) is 9.53 Å². The van der Waals surface area contributed by atoms with Crippen molar-refractivity contribution in [3.8, 4) is 6.07 Å². The van der Waals surface area contributed by atoms with E-state index >= 15 is 0 Å². The third-order valence-electron chi connectivity index (χ3n) is 3.27. The molecule has 2 atom stereocenters. The molecule has 5 nitrogen and oxygen atoms in total. The highest BCUT2D eigenvalue weighted by Gasteiger charge is 2.38. The van der Waals surface area contributed by atoms with Crippen molar-refractivity contribution >= 4 is 23.3 Å². The van der Waals surface area contributed by atoms with Crippen molar-refractivity contribution in [1.82, 2.24) is 0 Å². The van der Waals surface area contributed by atoms with Crippen LogP contribution in [0.2, 0.25) is 5.02 Å². The summed E-state index contributed by atoms with van der Waals surface area (Å²) in [5, 5.41) is 18.9. The van der Waals surface area contributed by atoms with Gasteiger partial charge in [-0.3, -0.25) is 0 Å². The highest BCUT2D eigenvalue weighted by Crippen LogP contribution is 2.31. The molecule has 2 rings (SSSR count). The average molecular weight is 281 g/mol. The first-order valence-electron chi connectivity index (χ1n) is 5.78. The summed E-state index contributed by atoms with van der Waals surface area (Å²) in [6.45, 7) is 0.433. The third-order valence-corrected chi connectivity index (χ3v) is 3.51. The molecule has 0 aromatic heterocycles. The number of nitrogens with zero attached hydrogens (tertiary/aromatic N) is 2. The molecule has 1 saturated heterocycles. The Labute approximate surface area is 116 Å². The lowest BCUT2D eigenvalue weighted by molar-refractivity contribution is -0.138. The number of benzene rings is 1. The van der Waals surface area contributed by atoms with Crippen molar-refractivity contribution in [2.45, 2.75) is 18.6 Å². The number of nitriles is 1. The minimum absolute atomic E-state index is 0.161. The van der Waals surface area contributed by atoms with E-state index in [-0.39, 0.29) is 6.10 Å². The molecule has 1 aliphatic heterocycles. The monoisotopic (exact) mass is 280 g/mol. The molecule has 0 spiro atoms. The van der Waals surface area contributed by atoms with E-state index in [0.29, 0.717) is 29.2 Å². The van der Waals surface area contributed by atoms with E-state index in [4.69, 9.17) is 21.6 Å². The number of anilines is 1. The number of carbonyl (C=O) groups is 1. The smallest absolute Gasteiger partial charge is 0.326 e. The Bertz CT molecular complexity index is 541. The number of carboxylic acid groups (broad SMARTS) is 1. The second-order valence-corrected chi connectivity index (χ2v) is 4.81. The average Bonchev–Trinajstić information content (AvgIpc) is 2.83. The highest BCUT2D eigenvalue weighted by atomic mass is 35.5. The minimum Gasteiger partial charge on any atom is -0.480 e. The fourth-order valence-electron chi connectivity index (χ4n) is 2.31. The quantitative estimate of drug-likeness (QED) is 0.915. The molecule has 1 aliphatic rings. The summed E-state index contributed by atoms with van der Waals surface area (Å²) in [6.07, 6.45) is 0.232. The molecule has 0 radical (unpaired) electrons. The van der Waals surface area contributed by atoms with E-state index in [2.05, 4.69) is 6.07 Å². The van der Waals surface area contributed by atoms with Crippen LogP contribution < -0.4 is 4.90 Å². The lowest BCUT2D eigenvalue weighted by Crippen LogP contribution is -2.36. The molecule has 1 fully saturated rings. The number of aliphatic carboxylic acids is 1.